The van der Waals surface area contributed by atoms with E-state index in [0.29, 0.717) is 5.54 Å². The third-order valence-electron chi connectivity index (χ3n) is 4.31. The van der Waals surface area contributed by atoms with Crippen molar-refractivity contribution in [2.24, 2.45) is 5.92 Å². The van der Waals surface area contributed by atoms with Crippen molar-refractivity contribution in [3.05, 3.63) is 0 Å². The van der Waals surface area contributed by atoms with E-state index < -0.39 is 0 Å². The smallest absolute Gasteiger partial charge is 0.0238 e. The zero-order valence-electron chi connectivity index (χ0n) is 10.6. The highest BCUT2D eigenvalue weighted by atomic mass is 15.2. The van der Waals surface area contributed by atoms with Crippen LogP contribution in [-0.4, -0.2) is 36.1 Å². The molecule has 0 aromatic carbocycles. The molecule has 0 aromatic heterocycles. The molecule has 2 saturated heterocycles. The van der Waals surface area contributed by atoms with Gasteiger partial charge in [0.15, 0.2) is 0 Å². The summed E-state index contributed by atoms with van der Waals surface area (Å²) in [6, 6.07) is 0.804. The van der Waals surface area contributed by atoms with Gasteiger partial charge in [-0.15, -0.1) is 0 Å². The number of nitrogens with one attached hydrogen (secondary N) is 1. The quantitative estimate of drug-likeness (QED) is 0.752. The van der Waals surface area contributed by atoms with Crippen LogP contribution in [0.2, 0.25) is 0 Å². The van der Waals surface area contributed by atoms with Gasteiger partial charge in [-0.1, -0.05) is 13.3 Å². The normalized spacial score (nSPS) is 33.4. The molecule has 0 saturated carbocycles. The van der Waals surface area contributed by atoms with E-state index in [1.54, 1.807) is 0 Å². The SMILES string of the molecule is CCC1CCN(C2CNC(C)(C)C2)CC1. The molecule has 0 aromatic rings. The molecule has 2 fully saturated rings. The summed E-state index contributed by atoms with van der Waals surface area (Å²) in [5.74, 6) is 1.00. The Morgan fingerprint density at radius 1 is 1.27 bits per heavy atom. The van der Waals surface area contributed by atoms with Crippen molar-refractivity contribution in [1.29, 1.82) is 0 Å². The first kappa shape index (κ1) is 11.4. The lowest BCUT2D eigenvalue weighted by Gasteiger charge is -2.35. The van der Waals surface area contributed by atoms with E-state index in [0.717, 1.165) is 12.0 Å². The summed E-state index contributed by atoms with van der Waals surface area (Å²) in [5, 5.41) is 3.63. The van der Waals surface area contributed by atoms with E-state index in [1.807, 2.05) is 0 Å². The van der Waals surface area contributed by atoms with Crippen LogP contribution in [0.4, 0.5) is 0 Å². The number of nitrogens with zero attached hydrogens (tertiary/aromatic N) is 1. The molecule has 2 aliphatic rings. The number of piperidine rings is 1. The monoisotopic (exact) mass is 210 g/mol. The molecular formula is C13H26N2. The molecule has 0 bridgehead atoms. The summed E-state index contributed by atoms with van der Waals surface area (Å²) < 4.78 is 0. The maximum atomic E-state index is 3.63. The predicted molar refractivity (Wildman–Crippen MR) is 65.1 cm³/mol. The Kier molecular flexibility index (Phi) is 3.36. The lowest BCUT2D eigenvalue weighted by molar-refractivity contribution is 0.135. The van der Waals surface area contributed by atoms with Gasteiger partial charge in [-0.2, -0.15) is 0 Å². The topological polar surface area (TPSA) is 15.3 Å². The molecule has 15 heavy (non-hydrogen) atoms. The van der Waals surface area contributed by atoms with Crippen molar-refractivity contribution in [2.75, 3.05) is 19.6 Å². The second-order valence-electron chi connectivity index (χ2n) is 6.01. The van der Waals surface area contributed by atoms with E-state index in [9.17, 15) is 0 Å². The summed E-state index contributed by atoms with van der Waals surface area (Å²) in [6.45, 7) is 10.9. The Bertz CT molecular complexity index is 205. The molecule has 1 unspecified atom stereocenters. The second-order valence-corrected chi connectivity index (χ2v) is 6.01. The van der Waals surface area contributed by atoms with Crippen LogP contribution in [-0.2, 0) is 0 Å². The number of likely N-dealkylation sites (tertiary alicyclic amines) is 1. The van der Waals surface area contributed by atoms with Crippen molar-refractivity contribution in [3.63, 3.8) is 0 Å². The Hall–Kier alpha value is -0.0800. The zero-order chi connectivity index (χ0) is 10.9. The molecule has 2 heterocycles. The van der Waals surface area contributed by atoms with E-state index >= 15 is 0 Å². The molecule has 0 aliphatic carbocycles. The molecule has 0 spiro atoms. The van der Waals surface area contributed by atoms with Gasteiger partial charge in [-0.25, -0.2) is 0 Å². The zero-order valence-corrected chi connectivity index (χ0v) is 10.6. The van der Waals surface area contributed by atoms with E-state index in [2.05, 4.69) is 31.0 Å². The Morgan fingerprint density at radius 2 is 1.93 bits per heavy atom. The number of rotatable bonds is 2. The maximum Gasteiger partial charge on any atom is 0.0238 e. The molecular weight excluding hydrogens is 184 g/mol. The van der Waals surface area contributed by atoms with Crippen LogP contribution >= 0.6 is 0 Å². The predicted octanol–water partition coefficient (Wildman–Crippen LogP) is 2.25. The number of hydrogen-bond donors (Lipinski definition) is 1. The van der Waals surface area contributed by atoms with Crippen molar-refractivity contribution in [3.8, 4) is 0 Å². The minimum Gasteiger partial charge on any atom is -0.310 e. The van der Waals surface area contributed by atoms with E-state index in [1.165, 1.54) is 45.3 Å². The van der Waals surface area contributed by atoms with Gasteiger partial charge in [0.25, 0.3) is 0 Å². The highest BCUT2D eigenvalue weighted by Crippen LogP contribution is 2.27. The standard InChI is InChI=1S/C13H26N2/c1-4-11-5-7-15(8-6-11)12-9-13(2,3)14-10-12/h11-12,14H,4-10H2,1-3H3. The molecule has 0 amide bonds. The van der Waals surface area contributed by atoms with Crippen LogP contribution in [0.3, 0.4) is 0 Å². The summed E-state index contributed by atoms with van der Waals surface area (Å²) >= 11 is 0. The average Bonchev–Trinajstić information content (AvgIpc) is 2.59. The fourth-order valence-electron chi connectivity index (χ4n) is 3.11. The summed E-state index contributed by atoms with van der Waals surface area (Å²) in [7, 11) is 0. The van der Waals surface area contributed by atoms with Crippen molar-refractivity contribution < 1.29 is 0 Å². The van der Waals surface area contributed by atoms with Crippen molar-refractivity contribution in [2.45, 2.75) is 58.0 Å². The molecule has 0 radical (unpaired) electrons. The van der Waals surface area contributed by atoms with Gasteiger partial charge in [0, 0.05) is 18.1 Å². The van der Waals surface area contributed by atoms with Gasteiger partial charge >= 0.3 is 0 Å². The third-order valence-corrected chi connectivity index (χ3v) is 4.31. The maximum absolute atomic E-state index is 3.63. The van der Waals surface area contributed by atoms with Crippen LogP contribution in [0.15, 0.2) is 0 Å². The Balaban J connectivity index is 1.81. The fraction of sp³-hybridized carbons (Fsp3) is 1.00. The second kappa shape index (κ2) is 4.42. The van der Waals surface area contributed by atoms with Crippen LogP contribution in [0.5, 0.6) is 0 Å². The molecule has 1 N–H and O–H groups in total. The summed E-state index contributed by atoms with van der Waals surface area (Å²) in [6.07, 6.45) is 5.55. The van der Waals surface area contributed by atoms with Crippen LogP contribution in [0.1, 0.15) is 46.5 Å². The molecule has 88 valence electrons. The van der Waals surface area contributed by atoms with E-state index in [-0.39, 0.29) is 0 Å². The Labute approximate surface area is 94.4 Å². The highest BCUT2D eigenvalue weighted by Gasteiger charge is 2.34. The average molecular weight is 210 g/mol. The first-order valence-corrected chi connectivity index (χ1v) is 6.60. The van der Waals surface area contributed by atoms with Gasteiger partial charge in [-0.05, 0) is 52.1 Å². The molecule has 1 atom stereocenters. The first-order valence-electron chi connectivity index (χ1n) is 6.60. The molecule has 2 heteroatoms. The van der Waals surface area contributed by atoms with Gasteiger partial charge in [-0.3, -0.25) is 4.90 Å². The third kappa shape index (κ3) is 2.73. The van der Waals surface area contributed by atoms with Crippen molar-refractivity contribution in [1.82, 2.24) is 10.2 Å². The highest BCUT2D eigenvalue weighted by molar-refractivity contribution is 4.95. The van der Waals surface area contributed by atoms with Gasteiger partial charge in [0.05, 0.1) is 0 Å². The fourth-order valence-corrected chi connectivity index (χ4v) is 3.11. The summed E-state index contributed by atoms with van der Waals surface area (Å²) in [4.78, 5) is 2.72. The van der Waals surface area contributed by atoms with Crippen LogP contribution in [0.25, 0.3) is 0 Å². The first-order chi connectivity index (χ1) is 7.11. The van der Waals surface area contributed by atoms with Gasteiger partial charge in [0.2, 0.25) is 0 Å². The van der Waals surface area contributed by atoms with E-state index in [4.69, 9.17) is 0 Å². The van der Waals surface area contributed by atoms with Crippen molar-refractivity contribution >= 4 is 0 Å². The van der Waals surface area contributed by atoms with Crippen LogP contribution < -0.4 is 5.32 Å². The van der Waals surface area contributed by atoms with Gasteiger partial charge in [0.1, 0.15) is 0 Å². The van der Waals surface area contributed by atoms with Gasteiger partial charge < -0.3 is 5.32 Å². The molecule has 2 aliphatic heterocycles. The summed E-state index contributed by atoms with van der Waals surface area (Å²) in [5.41, 5.74) is 0.367. The largest absolute Gasteiger partial charge is 0.310 e. The molecule has 2 nitrogen and oxygen atoms in total. The molecule has 2 rings (SSSR count). The van der Waals surface area contributed by atoms with Crippen LogP contribution in [0, 0.1) is 5.92 Å². The number of hydrogen-bond acceptors (Lipinski definition) is 2. The minimum atomic E-state index is 0.367. The Morgan fingerprint density at radius 3 is 2.40 bits per heavy atom. The lowest BCUT2D eigenvalue weighted by Crippen LogP contribution is -2.42. The lowest BCUT2D eigenvalue weighted by atomic mass is 9.92. The minimum absolute atomic E-state index is 0.367.